The van der Waals surface area contributed by atoms with E-state index in [1.54, 1.807) is 0 Å². The van der Waals surface area contributed by atoms with Gasteiger partial charge in [0.05, 0.1) is 12.7 Å². The minimum Gasteiger partial charge on any atom is -0.367 e. The lowest BCUT2D eigenvalue weighted by molar-refractivity contribution is 0.0212. The molecule has 0 bridgehead atoms. The van der Waals surface area contributed by atoms with Gasteiger partial charge in [-0.05, 0) is 36.6 Å². The third-order valence-corrected chi connectivity index (χ3v) is 3.83. The van der Waals surface area contributed by atoms with E-state index in [1.807, 2.05) is 30.3 Å². The Hall–Kier alpha value is -1.35. The van der Waals surface area contributed by atoms with Crippen LogP contribution >= 0.6 is 11.6 Å². The van der Waals surface area contributed by atoms with Crippen LogP contribution in [0.4, 0.5) is 0 Å². The van der Waals surface area contributed by atoms with Crippen molar-refractivity contribution in [3.8, 4) is 0 Å². The van der Waals surface area contributed by atoms with Crippen LogP contribution in [0.15, 0.2) is 48.5 Å². The van der Waals surface area contributed by atoms with Crippen molar-refractivity contribution in [1.29, 1.82) is 0 Å². The van der Waals surface area contributed by atoms with Gasteiger partial charge in [-0.25, -0.2) is 0 Å². The molecule has 2 unspecified atom stereocenters. The van der Waals surface area contributed by atoms with Gasteiger partial charge in [0.25, 0.3) is 0 Å². The summed E-state index contributed by atoms with van der Waals surface area (Å²) in [5.74, 6) is 0. The van der Waals surface area contributed by atoms with Gasteiger partial charge in [0.1, 0.15) is 0 Å². The van der Waals surface area contributed by atoms with Crippen LogP contribution in [0.1, 0.15) is 36.1 Å². The van der Waals surface area contributed by atoms with E-state index in [0.717, 1.165) is 22.6 Å². The number of hydrogen-bond donors (Lipinski definition) is 1. The Kier molecular flexibility index (Phi) is 5.80. The van der Waals surface area contributed by atoms with Crippen LogP contribution in [0.5, 0.6) is 0 Å². The Balaban J connectivity index is 2.11. The first-order valence-corrected chi connectivity index (χ1v) is 7.66. The highest BCUT2D eigenvalue weighted by atomic mass is 35.5. The zero-order chi connectivity index (χ0) is 15.2. The molecule has 0 saturated heterocycles. The molecule has 112 valence electrons. The van der Waals surface area contributed by atoms with Gasteiger partial charge >= 0.3 is 0 Å². The highest BCUT2D eigenvalue weighted by molar-refractivity contribution is 6.30. The van der Waals surface area contributed by atoms with Crippen molar-refractivity contribution < 1.29 is 4.74 Å². The van der Waals surface area contributed by atoms with E-state index in [-0.39, 0.29) is 12.1 Å². The third-order valence-electron chi connectivity index (χ3n) is 3.57. The number of benzene rings is 2. The largest absolute Gasteiger partial charge is 0.367 e. The molecule has 2 rings (SSSR count). The van der Waals surface area contributed by atoms with E-state index in [4.69, 9.17) is 22.1 Å². The van der Waals surface area contributed by atoms with Gasteiger partial charge < -0.3 is 10.5 Å². The summed E-state index contributed by atoms with van der Waals surface area (Å²) in [4.78, 5) is 0. The Morgan fingerprint density at radius 1 is 1.14 bits per heavy atom. The fraction of sp³-hybridized carbons (Fsp3) is 0.333. The summed E-state index contributed by atoms with van der Waals surface area (Å²) in [6.07, 6.45) is 0.782. The van der Waals surface area contributed by atoms with E-state index in [2.05, 4.69) is 32.0 Å². The second kappa shape index (κ2) is 7.60. The predicted molar refractivity (Wildman–Crippen MR) is 88.4 cm³/mol. The van der Waals surface area contributed by atoms with Crippen LogP contribution < -0.4 is 5.73 Å². The van der Waals surface area contributed by atoms with Crippen molar-refractivity contribution in [1.82, 2.24) is 0 Å². The Bertz CT molecular complexity index is 568. The van der Waals surface area contributed by atoms with Crippen LogP contribution in [-0.4, -0.2) is 6.04 Å². The van der Waals surface area contributed by atoms with Crippen molar-refractivity contribution in [3.05, 3.63) is 70.2 Å². The molecular weight excluding hydrogens is 282 g/mol. The lowest BCUT2D eigenvalue weighted by Gasteiger charge is -2.24. The van der Waals surface area contributed by atoms with Crippen molar-refractivity contribution in [2.45, 2.75) is 39.0 Å². The molecule has 0 amide bonds. The maximum Gasteiger partial charge on any atom is 0.0980 e. The standard InChI is InChI=1S/C18H22ClNO/c1-3-17(20)18(15-6-4-5-13(2)11-15)21-12-14-7-9-16(19)10-8-14/h4-11,17-18H,3,12,20H2,1-2H3. The van der Waals surface area contributed by atoms with E-state index >= 15 is 0 Å². The number of halogens is 1. The van der Waals surface area contributed by atoms with Crippen LogP contribution in [0.2, 0.25) is 5.02 Å². The van der Waals surface area contributed by atoms with Crippen LogP contribution in [-0.2, 0) is 11.3 Å². The first-order valence-electron chi connectivity index (χ1n) is 7.28. The zero-order valence-electron chi connectivity index (χ0n) is 12.6. The normalized spacial score (nSPS) is 13.9. The molecule has 2 N–H and O–H groups in total. The highest BCUT2D eigenvalue weighted by Crippen LogP contribution is 2.24. The fourth-order valence-electron chi connectivity index (χ4n) is 2.29. The molecule has 0 radical (unpaired) electrons. The van der Waals surface area contributed by atoms with Gasteiger partial charge in [-0.3, -0.25) is 0 Å². The molecule has 2 nitrogen and oxygen atoms in total. The van der Waals surface area contributed by atoms with Crippen LogP contribution in [0.3, 0.4) is 0 Å². The van der Waals surface area contributed by atoms with Gasteiger partial charge in [0.15, 0.2) is 0 Å². The van der Waals surface area contributed by atoms with Crippen molar-refractivity contribution in [2.75, 3.05) is 0 Å². The second-order valence-corrected chi connectivity index (χ2v) is 5.78. The number of rotatable bonds is 6. The number of ether oxygens (including phenoxy) is 1. The molecule has 2 aromatic carbocycles. The summed E-state index contributed by atoms with van der Waals surface area (Å²) < 4.78 is 6.09. The van der Waals surface area contributed by atoms with Crippen molar-refractivity contribution in [3.63, 3.8) is 0 Å². The summed E-state index contributed by atoms with van der Waals surface area (Å²) in [6.45, 7) is 4.69. The van der Waals surface area contributed by atoms with E-state index in [0.29, 0.717) is 6.61 Å². The van der Waals surface area contributed by atoms with E-state index in [1.165, 1.54) is 5.56 Å². The summed E-state index contributed by atoms with van der Waals surface area (Å²) in [6, 6.07) is 16.0. The quantitative estimate of drug-likeness (QED) is 0.843. The minimum absolute atomic E-state index is 0.0147. The van der Waals surface area contributed by atoms with Gasteiger partial charge in [0.2, 0.25) is 0 Å². The van der Waals surface area contributed by atoms with E-state index < -0.39 is 0 Å². The lowest BCUT2D eigenvalue weighted by Crippen LogP contribution is -2.29. The Labute approximate surface area is 131 Å². The Morgan fingerprint density at radius 2 is 1.86 bits per heavy atom. The third kappa shape index (κ3) is 4.57. The van der Waals surface area contributed by atoms with Crippen molar-refractivity contribution in [2.24, 2.45) is 5.73 Å². The average molecular weight is 304 g/mol. The van der Waals surface area contributed by atoms with Gasteiger partial charge in [-0.2, -0.15) is 0 Å². The molecule has 21 heavy (non-hydrogen) atoms. The number of hydrogen-bond acceptors (Lipinski definition) is 2. The Morgan fingerprint density at radius 3 is 2.48 bits per heavy atom. The molecular formula is C18H22ClNO. The second-order valence-electron chi connectivity index (χ2n) is 5.34. The van der Waals surface area contributed by atoms with Gasteiger partial charge in [0, 0.05) is 11.1 Å². The summed E-state index contributed by atoms with van der Waals surface area (Å²) >= 11 is 5.90. The lowest BCUT2D eigenvalue weighted by atomic mass is 9.99. The van der Waals surface area contributed by atoms with Crippen LogP contribution in [0, 0.1) is 6.92 Å². The summed E-state index contributed by atoms with van der Waals surface area (Å²) in [7, 11) is 0. The predicted octanol–water partition coefficient (Wildman–Crippen LogP) is 4.64. The topological polar surface area (TPSA) is 35.2 Å². The maximum absolute atomic E-state index is 6.24. The maximum atomic E-state index is 6.24. The first-order chi connectivity index (χ1) is 10.1. The molecule has 0 aromatic heterocycles. The summed E-state index contributed by atoms with van der Waals surface area (Å²) in [5, 5.41) is 0.735. The molecule has 0 aliphatic heterocycles. The molecule has 0 aliphatic rings. The minimum atomic E-state index is -0.0921. The van der Waals surface area contributed by atoms with Crippen molar-refractivity contribution >= 4 is 11.6 Å². The van der Waals surface area contributed by atoms with Gasteiger partial charge in [-0.15, -0.1) is 0 Å². The number of aryl methyl sites for hydroxylation is 1. The summed E-state index contributed by atoms with van der Waals surface area (Å²) in [5.41, 5.74) is 9.69. The molecule has 2 aromatic rings. The molecule has 2 atom stereocenters. The number of nitrogens with two attached hydrogens (primary N) is 1. The molecule has 0 spiro atoms. The first kappa shape index (κ1) is 16.0. The molecule has 0 fully saturated rings. The smallest absolute Gasteiger partial charge is 0.0980 e. The SMILES string of the molecule is CCC(N)C(OCc1ccc(Cl)cc1)c1cccc(C)c1. The highest BCUT2D eigenvalue weighted by Gasteiger charge is 2.19. The zero-order valence-corrected chi connectivity index (χ0v) is 13.3. The van der Waals surface area contributed by atoms with E-state index in [9.17, 15) is 0 Å². The molecule has 0 heterocycles. The monoisotopic (exact) mass is 303 g/mol. The van der Waals surface area contributed by atoms with Crippen LogP contribution in [0.25, 0.3) is 0 Å². The molecule has 0 aliphatic carbocycles. The fourth-order valence-corrected chi connectivity index (χ4v) is 2.42. The average Bonchev–Trinajstić information content (AvgIpc) is 2.49. The van der Waals surface area contributed by atoms with Gasteiger partial charge in [-0.1, -0.05) is 60.5 Å². The molecule has 0 saturated carbocycles. The molecule has 3 heteroatoms.